The molecule has 2 aliphatic carbocycles. The average molecular weight is 475 g/mol. The second kappa shape index (κ2) is 8.57. The Hall–Kier alpha value is -3.03. The average Bonchev–Trinajstić information content (AvgIpc) is 3.41. The van der Waals surface area contributed by atoms with Crippen molar-refractivity contribution < 1.29 is 0 Å². The first-order chi connectivity index (χ1) is 17.0. The van der Waals surface area contributed by atoms with Crippen molar-refractivity contribution in [3.63, 3.8) is 0 Å². The predicted octanol–water partition coefficient (Wildman–Crippen LogP) is 9.31. The monoisotopic (exact) mass is 474 g/mol. The minimum Gasteiger partial charge on any atom is -0.213 e. The van der Waals surface area contributed by atoms with Gasteiger partial charge in [0.25, 0.3) is 0 Å². The van der Waals surface area contributed by atoms with Crippen LogP contribution in [0.1, 0.15) is 41.4 Å². The third kappa shape index (κ3) is 3.60. The number of hydrogen-bond donors (Lipinski definition) is 0. The van der Waals surface area contributed by atoms with Gasteiger partial charge in [0.05, 0.1) is 0 Å². The molecule has 2 aliphatic rings. The first-order valence-electron chi connectivity index (χ1n) is 12.7. The highest BCUT2D eigenvalue weighted by Crippen LogP contribution is 2.71. The van der Waals surface area contributed by atoms with Crippen LogP contribution in [0.3, 0.4) is 0 Å². The minimum atomic E-state index is -1.08. The zero-order chi connectivity index (χ0) is 24.2. The Labute approximate surface area is 212 Å². The van der Waals surface area contributed by atoms with Gasteiger partial charge < -0.3 is 0 Å². The Bertz CT molecular complexity index is 1430. The van der Waals surface area contributed by atoms with Gasteiger partial charge in [-0.05, 0) is 87.6 Å². The maximum Gasteiger partial charge on any atom is 0.0204 e. The molecule has 0 heterocycles. The van der Waals surface area contributed by atoms with Crippen molar-refractivity contribution in [2.45, 2.75) is 31.9 Å². The highest BCUT2D eigenvalue weighted by atomic mass is 32.3. The van der Waals surface area contributed by atoms with Crippen LogP contribution in [0.4, 0.5) is 0 Å². The van der Waals surface area contributed by atoms with Gasteiger partial charge in [-0.2, -0.15) is 0 Å². The summed E-state index contributed by atoms with van der Waals surface area (Å²) in [4.78, 5) is 1.65. The third-order valence-electron chi connectivity index (χ3n) is 8.14. The molecule has 6 rings (SSSR count). The van der Waals surface area contributed by atoms with Gasteiger partial charge in [-0.25, -0.2) is 10.0 Å². The van der Waals surface area contributed by atoms with Crippen molar-refractivity contribution in [1.82, 2.24) is 0 Å². The summed E-state index contributed by atoms with van der Waals surface area (Å²) in [5.74, 6) is 0.640. The molecule has 0 amide bonds. The molecular weight excluding hydrogens is 440 g/mol. The molecule has 0 aromatic heterocycles. The molecule has 0 aliphatic heterocycles. The molecule has 2 unspecified atom stereocenters. The van der Waals surface area contributed by atoms with Crippen LogP contribution in [0.15, 0.2) is 103 Å². The van der Waals surface area contributed by atoms with E-state index < -0.39 is 10.0 Å². The van der Waals surface area contributed by atoms with E-state index in [9.17, 15) is 0 Å². The second-order valence-electron chi connectivity index (χ2n) is 10.7. The molecule has 2 atom stereocenters. The van der Waals surface area contributed by atoms with E-state index in [1.54, 1.807) is 21.6 Å². The smallest absolute Gasteiger partial charge is 0.0204 e. The number of fused-ring (bicyclic) bond motifs is 2. The fraction of sp³-hybridized carbons (Fsp3) is 0.235. The lowest BCUT2D eigenvalue weighted by molar-refractivity contribution is 0.612. The normalized spacial score (nSPS) is 19.5. The van der Waals surface area contributed by atoms with Crippen LogP contribution in [-0.4, -0.2) is 12.5 Å². The van der Waals surface area contributed by atoms with Gasteiger partial charge >= 0.3 is 0 Å². The Kier molecular flexibility index (Phi) is 5.49. The van der Waals surface area contributed by atoms with Crippen molar-refractivity contribution in [2.24, 2.45) is 5.92 Å². The van der Waals surface area contributed by atoms with E-state index in [4.69, 9.17) is 0 Å². The van der Waals surface area contributed by atoms with Crippen LogP contribution in [0, 0.1) is 5.92 Å². The maximum atomic E-state index is 2.58. The summed E-state index contributed by atoms with van der Waals surface area (Å²) in [6.45, 7) is 4.88. The summed E-state index contributed by atoms with van der Waals surface area (Å²) in [5, 5.41) is 0.581. The lowest BCUT2D eigenvalue weighted by Crippen LogP contribution is -2.14. The lowest BCUT2D eigenvalue weighted by atomic mass is 9.96. The topological polar surface area (TPSA) is 0 Å². The summed E-state index contributed by atoms with van der Waals surface area (Å²) >= 11 is 0. The van der Waals surface area contributed by atoms with Gasteiger partial charge in [-0.1, -0.05) is 110 Å². The van der Waals surface area contributed by atoms with Gasteiger partial charge in [0.1, 0.15) is 0 Å². The summed E-state index contributed by atoms with van der Waals surface area (Å²) in [6, 6.07) is 35.9. The number of hydrogen-bond acceptors (Lipinski definition) is 0. The molecule has 1 heteroatoms. The number of benzene rings is 4. The van der Waals surface area contributed by atoms with Gasteiger partial charge in [0.2, 0.25) is 0 Å². The predicted molar refractivity (Wildman–Crippen MR) is 155 cm³/mol. The fourth-order valence-electron chi connectivity index (χ4n) is 6.93. The van der Waals surface area contributed by atoms with Crippen LogP contribution in [0.5, 0.6) is 0 Å². The lowest BCUT2D eigenvalue weighted by Gasteiger charge is -2.43. The molecule has 0 fully saturated rings. The van der Waals surface area contributed by atoms with Crippen molar-refractivity contribution in [2.75, 3.05) is 12.5 Å². The van der Waals surface area contributed by atoms with Crippen molar-refractivity contribution in [3.8, 4) is 22.3 Å². The molecule has 4 aromatic carbocycles. The molecule has 0 saturated heterocycles. The largest absolute Gasteiger partial charge is 0.213 e. The summed E-state index contributed by atoms with van der Waals surface area (Å²) in [5.41, 5.74) is 13.3. The molecule has 0 saturated carbocycles. The molecule has 0 nitrogen and oxygen atoms in total. The Balaban J connectivity index is 1.45. The molecule has 35 heavy (non-hydrogen) atoms. The standard InChI is InChI=1S/C34H34S/c1-23-21-31-27(25-13-7-5-8-14-25)17-11-19-29(31)33(23)35(3,4)34-24(2)22-32-28(18-12-20-30(32)34)26-15-9-6-10-16-26/h5-20,23,33H,21-22H2,1-4H3. The van der Waals surface area contributed by atoms with Crippen molar-refractivity contribution >= 4 is 14.9 Å². The van der Waals surface area contributed by atoms with Gasteiger partial charge in [-0.15, -0.1) is 0 Å². The third-order valence-corrected chi connectivity index (χ3v) is 11.8. The summed E-state index contributed by atoms with van der Waals surface area (Å²) < 4.78 is 0. The molecule has 0 bridgehead atoms. The SMILES string of the molecule is CC1=C(S(C)(C)C2c3cccc(-c4ccccc4)c3CC2C)c2cccc(-c3ccccc3)c2C1. The Morgan fingerprint density at radius 3 is 1.80 bits per heavy atom. The molecule has 176 valence electrons. The van der Waals surface area contributed by atoms with Crippen LogP contribution in [0.2, 0.25) is 0 Å². The van der Waals surface area contributed by atoms with Crippen LogP contribution >= 0.6 is 10.0 Å². The van der Waals surface area contributed by atoms with E-state index in [2.05, 4.69) is 123 Å². The number of rotatable bonds is 4. The molecule has 0 N–H and O–H groups in total. The Morgan fingerprint density at radius 1 is 0.629 bits per heavy atom. The highest BCUT2D eigenvalue weighted by molar-refractivity contribution is 8.40. The molecule has 4 aromatic rings. The van der Waals surface area contributed by atoms with Crippen molar-refractivity contribution in [3.05, 3.63) is 125 Å². The number of allylic oxidation sites excluding steroid dienone is 1. The van der Waals surface area contributed by atoms with E-state index in [1.807, 2.05) is 0 Å². The summed E-state index contributed by atoms with van der Waals surface area (Å²) in [6.07, 6.45) is 7.41. The quantitative estimate of drug-likeness (QED) is 0.276. The maximum absolute atomic E-state index is 2.58. The van der Waals surface area contributed by atoms with E-state index in [0.717, 1.165) is 6.42 Å². The zero-order valence-electron chi connectivity index (χ0n) is 21.2. The molecule has 0 radical (unpaired) electrons. The summed E-state index contributed by atoms with van der Waals surface area (Å²) in [7, 11) is -1.08. The highest BCUT2D eigenvalue weighted by Gasteiger charge is 2.42. The minimum absolute atomic E-state index is 0.581. The van der Waals surface area contributed by atoms with Crippen molar-refractivity contribution in [1.29, 1.82) is 0 Å². The van der Waals surface area contributed by atoms with E-state index in [0.29, 0.717) is 11.2 Å². The van der Waals surface area contributed by atoms with E-state index in [1.165, 1.54) is 39.8 Å². The van der Waals surface area contributed by atoms with Crippen LogP contribution in [-0.2, 0) is 12.8 Å². The van der Waals surface area contributed by atoms with Gasteiger partial charge in [0.15, 0.2) is 0 Å². The first kappa shape index (κ1) is 22.4. The zero-order valence-corrected chi connectivity index (χ0v) is 22.0. The van der Waals surface area contributed by atoms with Gasteiger partial charge in [-0.3, -0.25) is 0 Å². The second-order valence-corrected chi connectivity index (χ2v) is 14.5. The van der Waals surface area contributed by atoms with E-state index in [-0.39, 0.29) is 0 Å². The van der Waals surface area contributed by atoms with E-state index >= 15 is 0 Å². The molecular formula is C34H34S. The fourth-order valence-corrected chi connectivity index (χ4v) is 11.0. The van der Waals surface area contributed by atoms with Gasteiger partial charge in [0, 0.05) is 5.25 Å². The first-order valence-corrected chi connectivity index (χ1v) is 15.2. The van der Waals surface area contributed by atoms with Crippen LogP contribution in [0.25, 0.3) is 27.2 Å². The Morgan fingerprint density at radius 2 is 1.17 bits per heavy atom. The van der Waals surface area contributed by atoms with Crippen LogP contribution < -0.4 is 0 Å². The molecule has 0 spiro atoms.